The minimum atomic E-state index is 0.233. The third-order valence-corrected chi connectivity index (χ3v) is 3.44. The van der Waals surface area contributed by atoms with E-state index in [1.54, 1.807) is 0 Å². The Labute approximate surface area is 82.5 Å². The fourth-order valence-electron chi connectivity index (χ4n) is 2.27. The molecule has 0 aromatic rings. The normalized spacial score (nSPS) is 25.4. The van der Waals surface area contributed by atoms with Gasteiger partial charge in [0.05, 0.1) is 0 Å². The van der Waals surface area contributed by atoms with E-state index in [0.29, 0.717) is 6.61 Å². The van der Waals surface area contributed by atoms with Crippen LogP contribution in [0.15, 0.2) is 0 Å². The molecule has 1 N–H and O–H groups in total. The van der Waals surface area contributed by atoms with Crippen LogP contribution >= 0.6 is 0 Å². The van der Waals surface area contributed by atoms with E-state index in [2.05, 4.69) is 6.92 Å². The lowest BCUT2D eigenvalue weighted by molar-refractivity contribution is 0.115. The summed E-state index contributed by atoms with van der Waals surface area (Å²) < 4.78 is 0. The van der Waals surface area contributed by atoms with E-state index in [1.165, 1.54) is 57.8 Å². The molecule has 0 saturated heterocycles. The van der Waals surface area contributed by atoms with E-state index < -0.39 is 0 Å². The number of rotatable bonds is 1. The fraction of sp³-hybridized carbons (Fsp3) is 1.00. The van der Waals surface area contributed by atoms with E-state index in [1.807, 2.05) is 0 Å². The summed E-state index contributed by atoms with van der Waals surface area (Å²) in [5.74, 6) is 0. The van der Waals surface area contributed by atoms with Crippen LogP contribution in [0, 0.1) is 5.41 Å². The Hall–Kier alpha value is -0.0400. The van der Waals surface area contributed by atoms with E-state index in [9.17, 15) is 5.11 Å². The predicted octanol–water partition coefficient (Wildman–Crippen LogP) is 3.51. The molecule has 0 aliphatic heterocycles. The molecule has 1 rings (SSSR count). The molecular weight excluding hydrogens is 160 g/mol. The molecule has 0 bridgehead atoms. The second-order valence-electron chi connectivity index (χ2n) is 4.94. The van der Waals surface area contributed by atoms with Crippen molar-refractivity contribution in [3.63, 3.8) is 0 Å². The molecule has 13 heavy (non-hydrogen) atoms. The van der Waals surface area contributed by atoms with E-state index >= 15 is 0 Å². The monoisotopic (exact) mass is 184 g/mol. The molecule has 1 aliphatic carbocycles. The third kappa shape index (κ3) is 4.12. The van der Waals surface area contributed by atoms with Crippen molar-refractivity contribution >= 4 is 0 Å². The summed E-state index contributed by atoms with van der Waals surface area (Å²) in [4.78, 5) is 0. The minimum absolute atomic E-state index is 0.233. The van der Waals surface area contributed by atoms with Gasteiger partial charge >= 0.3 is 0 Å². The van der Waals surface area contributed by atoms with Crippen LogP contribution in [0.2, 0.25) is 0 Å². The van der Waals surface area contributed by atoms with Gasteiger partial charge in [0, 0.05) is 6.61 Å². The summed E-state index contributed by atoms with van der Waals surface area (Å²) in [6.07, 6.45) is 12.1. The maximum absolute atomic E-state index is 9.33. The van der Waals surface area contributed by atoms with Crippen molar-refractivity contribution in [2.45, 2.75) is 64.7 Å². The molecule has 1 aliphatic rings. The maximum atomic E-state index is 9.33. The van der Waals surface area contributed by atoms with Crippen LogP contribution in [0.5, 0.6) is 0 Å². The third-order valence-electron chi connectivity index (χ3n) is 3.44. The summed E-state index contributed by atoms with van der Waals surface area (Å²) in [5, 5.41) is 9.33. The Bertz CT molecular complexity index is 121. The highest BCUT2D eigenvalue weighted by Crippen LogP contribution is 2.31. The maximum Gasteiger partial charge on any atom is 0.0484 e. The van der Waals surface area contributed by atoms with Gasteiger partial charge in [-0.15, -0.1) is 0 Å². The SMILES string of the molecule is CC1(CO)CCCCCCCCC1. The largest absolute Gasteiger partial charge is 0.396 e. The zero-order valence-corrected chi connectivity index (χ0v) is 9.02. The molecule has 0 spiro atoms. The molecule has 1 saturated carbocycles. The van der Waals surface area contributed by atoms with E-state index in [4.69, 9.17) is 0 Å². The summed E-state index contributed by atoms with van der Waals surface area (Å²) in [5.41, 5.74) is 0.233. The molecule has 0 heterocycles. The van der Waals surface area contributed by atoms with Gasteiger partial charge in [-0.2, -0.15) is 0 Å². The fourth-order valence-corrected chi connectivity index (χ4v) is 2.27. The van der Waals surface area contributed by atoms with Crippen LogP contribution in [0.3, 0.4) is 0 Å². The van der Waals surface area contributed by atoms with Gasteiger partial charge in [-0.05, 0) is 18.3 Å². The van der Waals surface area contributed by atoms with E-state index in [-0.39, 0.29) is 5.41 Å². The van der Waals surface area contributed by atoms with Crippen molar-refractivity contribution in [1.82, 2.24) is 0 Å². The Morgan fingerprint density at radius 1 is 0.846 bits per heavy atom. The summed E-state index contributed by atoms with van der Waals surface area (Å²) >= 11 is 0. The second-order valence-corrected chi connectivity index (χ2v) is 4.94. The highest BCUT2D eigenvalue weighted by atomic mass is 16.3. The number of aliphatic hydroxyl groups excluding tert-OH is 1. The lowest BCUT2D eigenvalue weighted by Crippen LogP contribution is -2.21. The van der Waals surface area contributed by atoms with Crippen LogP contribution in [-0.2, 0) is 0 Å². The lowest BCUT2D eigenvalue weighted by Gasteiger charge is -2.28. The van der Waals surface area contributed by atoms with Crippen molar-refractivity contribution < 1.29 is 5.11 Å². The molecule has 1 heteroatoms. The highest BCUT2D eigenvalue weighted by Gasteiger charge is 2.22. The first-order valence-electron chi connectivity index (χ1n) is 5.88. The highest BCUT2D eigenvalue weighted by molar-refractivity contribution is 4.74. The van der Waals surface area contributed by atoms with Crippen molar-refractivity contribution in [2.75, 3.05) is 6.61 Å². The molecule has 1 fully saturated rings. The molecule has 0 unspecified atom stereocenters. The van der Waals surface area contributed by atoms with Crippen LogP contribution in [0.25, 0.3) is 0 Å². The minimum Gasteiger partial charge on any atom is -0.396 e. The van der Waals surface area contributed by atoms with Gasteiger partial charge in [0.25, 0.3) is 0 Å². The Morgan fingerprint density at radius 3 is 1.62 bits per heavy atom. The Balaban J connectivity index is 2.34. The van der Waals surface area contributed by atoms with Crippen LogP contribution in [0.4, 0.5) is 0 Å². The van der Waals surface area contributed by atoms with Crippen LogP contribution < -0.4 is 0 Å². The summed E-state index contributed by atoms with van der Waals surface area (Å²) in [6.45, 7) is 2.63. The molecule has 0 aromatic heterocycles. The van der Waals surface area contributed by atoms with Gasteiger partial charge < -0.3 is 5.11 Å². The molecular formula is C12H24O. The molecule has 0 radical (unpaired) electrons. The standard InChI is InChI=1S/C12H24O/c1-12(11-13)9-7-5-3-2-4-6-8-10-12/h13H,2-11H2,1H3. The smallest absolute Gasteiger partial charge is 0.0484 e. The van der Waals surface area contributed by atoms with Gasteiger partial charge in [0.15, 0.2) is 0 Å². The summed E-state index contributed by atoms with van der Waals surface area (Å²) in [6, 6.07) is 0. The molecule has 1 nitrogen and oxygen atoms in total. The van der Waals surface area contributed by atoms with Crippen molar-refractivity contribution in [2.24, 2.45) is 5.41 Å². The second kappa shape index (κ2) is 5.64. The zero-order chi connectivity index (χ0) is 9.57. The van der Waals surface area contributed by atoms with E-state index in [0.717, 1.165) is 0 Å². The number of hydrogen-bond donors (Lipinski definition) is 1. The molecule has 78 valence electrons. The first-order valence-corrected chi connectivity index (χ1v) is 5.88. The zero-order valence-electron chi connectivity index (χ0n) is 9.02. The Kier molecular flexibility index (Phi) is 4.79. The van der Waals surface area contributed by atoms with Crippen molar-refractivity contribution in [3.8, 4) is 0 Å². The van der Waals surface area contributed by atoms with Crippen molar-refractivity contribution in [3.05, 3.63) is 0 Å². The lowest BCUT2D eigenvalue weighted by atomic mass is 9.80. The predicted molar refractivity (Wildman–Crippen MR) is 56.7 cm³/mol. The average molecular weight is 184 g/mol. The number of hydrogen-bond acceptors (Lipinski definition) is 1. The average Bonchev–Trinajstić information content (AvgIpc) is 2.16. The first kappa shape index (κ1) is 11.0. The van der Waals surface area contributed by atoms with Gasteiger partial charge in [-0.3, -0.25) is 0 Å². The van der Waals surface area contributed by atoms with Gasteiger partial charge in [0.2, 0.25) is 0 Å². The van der Waals surface area contributed by atoms with Crippen LogP contribution in [-0.4, -0.2) is 11.7 Å². The summed E-state index contributed by atoms with van der Waals surface area (Å²) in [7, 11) is 0. The number of aliphatic hydroxyl groups is 1. The quantitative estimate of drug-likeness (QED) is 0.661. The first-order chi connectivity index (χ1) is 6.27. The molecule has 0 atom stereocenters. The topological polar surface area (TPSA) is 20.2 Å². The van der Waals surface area contributed by atoms with Gasteiger partial charge in [0.1, 0.15) is 0 Å². The molecule has 0 amide bonds. The van der Waals surface area contributed by atoms with Gasteiger partial charge in [-0.1, -0.05) is 51.9 Å². The Morgan fingerprint density at radius 2 is 1.23 bits per heavy atom. The van der Waals surface area contributed by atoms with Gasteiger partial charge in [-0.25, -0.2) is 0 Å². The van der Waals surface area contributed by atoms with Crippen molar-refractivity contribution in [1.29, 1.82) is 0 Å². The molecule has 0 aromatic carbocycles. The van der Waals surface area contributed by atoms with Crippen LogP contribution in [0.1, 0.15) is 64.7 Å².